The van der Waals surface area contributed by atoms with Crippen molar-refractivity contribution in [1.29, 1.82) is 0 Å². The van der Waals surface area contributed by atoms with Crippen LogP contribution in [0, 0.1) is 18.3 Å². The first-order chi connectivity index (χ1) is 14.6. The summed E-state index contributed by atoms with van der Waals surface area (Å²) in [6.45, 7) is 9.26. The van der Waals surface area contributed by atoms with Crippen LogP contribution in [0.1, 0.15) is 50.3 Å². The first-order valence-corrected chi connectivity index (χ1v) is 12.5. The van der Waals surface area contributed by atoms with Gasteiger partial charge in [0.25, 0.3) is 0 Å². The average Bonchev–Trinajstić information content (AvgIpc) is 2.73. The van der Waals surface area contributed by atoms with Crippen molar-refractivity contribution in [3.63, 3.8) is 0 Å². The van der Waals surface area contributed by atoms with Gasteiger partial charge in [0.15, 0.2) is 0 Å². The Labute approximate surface area is 186 Å². The maximum Gasteiger partial charge on any atom is 0.243 e. The molecule has 1 N–H and O–H groups in total. The molecule has 0 aromatic heterocycles. The molecule has 2 aromatic rings. The highest BCUT2D eigenvalue weighted by molar-refractivity contribution is 7.89. The first-order valence-electron chi connectivity index (χ1n) is 11.0. The van der Waals surface area contributed by atoms with Gasteiger partial charge in [-0.2, -0.15) is 4.31 Å². The number of piperidine rings is 1. The summed E-state index contributed by atoms with van der Waals surface area (Å²) in [7, 11) is -3.63. The summed E-state index contributed by atoms with van der Waals surface area (Å²) >= 11 is 0. The predicted molar refractivity (Wildman–Crippen MR) is 124 cm³/mol. The quantitative estimate of drug-likeness (QED) is 0.695. The molecule has 168 valence electrons. The Hall–Kier alpha value is -2.18. The molecule has 2 aromatic carbocycles. The van der Waals surface area contributed by atoms with E-state index in [2.05, 4.69) is 19.2 Å². The van der Waals surface area contributed by atoms with Crippen LogP contribution >= 0.6 is 0 Å². The molecule has 0 aliphatic carbocycles. The van der Waals surface area contributed by atoms with Gasteiger partial charge in [-0.15, -0.1) is 0 Å². The lowest BCUT2D eigenvalue weighted by Crippen LogP contribution is -2.51. The van der Waals surface area contributed by atoms with Gasteiger partial charge in [0.05, 0.1) is 10.3 Å². The Bertz CT molecular complexity index is 998. The second-order valence-electron chi connectivity index (χ2n) is 9.41. The van der Waals surface area contributed by atoms with Crippen LogP contribution in [0.4, 0.5) is 0 Å². The summed E-state index contributed by atoms with van der Waals surface area (Å²) in [5, 5.41) is 3.01. The number of benzene rings is 2. The topological polar surface area (TPSA) is 66.5 Å². The van der Waals surface area contributed by atoms with E-state index in [1.54, 1.807) is 12.1 Å². The number of nitrogens with one attached hydrogen (secondary N) is 1. The van der Waals surface area contributed by atoms with E-state index in [-0.39, 0.29) is 12.5 Å². The van der Waals surface area contributed by atoms with Crippen molar-refractivity contribution in [3.05, 3.63) is 65.2 Å². The average molecular weight is 443 g/mol. The van der Waals surface area contributed by atoms with Gasteiger partial charge in [-0.3, -0.25) is 4.79 Å². The van der Waals surface area contributed by atoms with Gasteiger partial charge in [-0.25, -0.2) is 8.42 Å². The van der Waals surface area contributed by atoms with Crippen LogP contribution in [-0.4, -0.2) is 31.7 Å². The van der Waals surface area contributed by atoms with Crippen molar-refractivity contribution < 1.29 is 13.2 Å². The number of nitrogens with zero attached hydrogens (tertiary/aromatic N) is 1. The molecule has 1 atom stereocenters. The maximum absolute atomic E-state index is 13.2. The summed E-state index contributed by atoms with van der Waals surface area (Å²) in [4.78, 5) is 13.3. The zero-order valence-electron chi connectivity index (χ0n) is 19.0. The molecule has 1 aliphatic heterocycles. The van der Waals surface area contributed by atoms with Crippen molar-refractivity contribution >= 4 is 15.9 Å². The number of aryl methyl sites for hydroxylation is 1. The monoisotopic (exact) mass is 442 g/mol. The predicted octanol–water partition coefficient (Wildman–Crippen LogP) is 4.30. The van der Waals surface area contributed by atoms with E-state index in [4.69, 9.17) is 0 Å². The molecular weight excluding hydrogens is 408 g/mol. The van der Waals surface area contributed by atoms with Crippen LogP contribution in [0.5, 0.6) is 0 Å². The molecule has 1 aliphatic rings. The lowest BCUT2D eigenvalue weighted by atomic mass is 9.82. The minimum Gasteiger partial charge on any atom is -0.352 e. The van der Waals surface area contributed by atoms with Gasteiger partial charge >= 0.3 is 0 Å². The van der Waals surface area contributed by atoms with Crippen molar-refractivity contribution in [2.75, 3.05) is 13.1 Å². The van der Waals surface area contributed by atoms with Gasteiger partial charge in [-0.05, 0) is 62.3 Å². The molecule has 0 spiro atoms. The van der Waals surface area contributed by atoms with E-state index in [0.29, 0.717) is 36.7 Å². The van der Waals surface area contributed by atoms with Crippen LogP contribution in [0.3, 0.4) is 0 Å². The van der Waals surface area contributed by atoms with Gasteiger partial charge < -0.3 is 5.32 Å². The lowest BCUT2D eigenvalue weighted by Gasteiger charge is -2.38. The Morgan fingerprint density at radius 1 is 1.06 bits per heavy atom. The number of amides is 1. The SMILES string of the molecule is Cc1ccc(CNC(=O)[C@@]2(C)CCCN(S(=O)(=O)c3ccc(CC(C)C)cc3)C2)cc1. The molecule has 1 fully saturated rings. The van der Waals surface area contributed by atoms with Gasteiger partial charge in [0.2, 0.25) is 15.9 Å². The van der Waals surface area contributed by atoms with E-state index in [1.807, 2.05) is 50.2 Å². The van der Waals surface area contributed by atoms with E-state index in [1.165, 1.54) is 9.87 Å². The smallest absolute Gasteiger partial charge is 0.243 e. The number of hydrogen-bond acceptors (Lipinski definition) is 3. The Morgan fingerprint density at radius 3 is 2.29 bits per heavy atom. The summed E-state index contributed by atoms with van der Waals surface area (Å²) in [6, 6.07) is 15.2. The molecule has 1 amide bonds. The van der Waals surface area contributed by atoms with Crippen molar-refractivity contribution in [2.24, 2.45) is 11.3 Å². The van der Waals surface area contributed by atoms with Crippen molar-refractivity contribution in [1.82, 2.24) is 9.62 Å². The normalized spacial score (nSPS) is 20.0. The van der Waals surface area contributed by atoms with Gasteiger partial charge in [-0.1, -0.05) is 55.8 Å². The third kappa shape index (κ3) is 5.74. The van der Waals surface area contributed by atoms with E-state index >= 15 is 0 Å². The molecule has 1 heterocycles. The molecule has 0 radical (unpaired) electrons. The minimum absolute atomic E-state index is 0.0970. The van der Waals surface area contributed by atoms with E-state index < -0.39 is 15.4 Å². The number of sulfonamides is 1. The van der Waals surface area contributed by atoms with Crippen LogP contribution < -0.4 is 5.32 Å². The van der Waals surface area contributed by atoms with E-state index in [0.717, 1.165) is 17.5 Å². The Morgan fingerprint density at radius 2 is 1.68 bits per heavy atom. The second-order valence-corrected chi connectivity index (χ2v) is 11.4. The maximum atomic E-state index is 13.2. The third-order valence-electron chi connectivity index (χ3n) is 5.99. The molecule has 1 saturated heterocycles. The molecular formula is C25H34N2O3S. The lowest BCUT2D eigenvalue weighted by molar-refractivity contribution is -0.132. The zero-order valence-corrected chi connectivity index (χ0v) is 19.8. The summed E-state index contributed by atoms with van der Waals surface area (Å²) in [5.41, 5.74) is 2.60. The largest absolute Gasteiger partial charge is 0.352 e. The zero-order chi connectivity index (χ0) is 22.6. The number of carbonyl (C=O) groups excluding carboxylic acids is 1. The Balaban J connectivity index is 1.68. The molecule has 31 heavy (non-hydrogen) atoms. The molecule has 3 rings (SSSR count). The third-order valence-corrected chi connectivity index (χ3v) is 7.85. The van der Waals surface area contributed by atoms with Crippen LogP contribution in [0.2, 0.25) is 0 Å². The molecule has 0 unspecified atom stereocenters. The molecule has 5 nitrogen and oxygen atoms in total. The van der Waals surface area contributed by atoms with Gasteiger partial charge in [0.1, 0.15) is 0 Å². The number of rotatable bonds is 7. The van der Waals surface area contributed by atoms with Crippen LogP contribution in [0.15, 0.2) is 53.4 Å². The summed E-state index contributed by atoms with van der Waals surface area (Å²) in [6.07, 6.45) is 2.26. The van der Waals surface area contributed by atoms with Crippen molar-refractivity contribution in [3.8, 4) is 0 Å². The van der Waals surface area contributed by atoms with Crippen molar-refractivity contribution in [2.45, 2.75) is 58.4 Å². The highest BCUT2D eigenvalue weighted by Gasteiger charge is 2.41. The molecule has 0 bridgehead atoms. The fourth-order valence-corrected chi connectivity index (χ4v) is 5.71. The van der Waals surface area contributed by atoms with Crippen LogP contribution in [0.25, 0.3) is 0 Å². The standard InChI is InChI=1S/C25H34N2O3S/c1-19(2)16-21-10-12-23(13-11-21)31(29,30)27-15-5-14-25(4,18-27)24(28)26-17-22-8-6-20(3)7-9-22/h6-13,19H,5,14-18H2,1-4H3,(H,26,28)/t25-/m0/s1. The molecule has 6 heteroatoms. The number of hydrogen-bond donors (Lipinski definition) is 1. The number of carbonyl (C=O) groups is 1. The highest BCUT2D eigenvalue weighted by atomic mass is 32.2. The first kappa shape index (κ1) is 23.5. The highest BCUT2D eigenvalue weighted by Crippen LogP contribution is 2.33. The second kappa shape index (κ2) is 9.53. The fraction of sp³-hybridized carbons (Fsp3) is 0.480. The summed E-state index contributed by atoms with van der Waals surface area (Å²) in [5.74, 6) is 0.420. The van der Waals surface area contributed by atoms with E-state index in [9.17, 15) is 13.2 Å². The van der Waals surface area contributed by atoms with Gasteiger partial charge in [0, 0.05) is 19.6 Å². The Kier molecular flexibility index (Phi) is 7.22. The molecule has 0 saturated carbocycles. The fourth-order valence-electron chi connectivity index (χ4n) is 4.10. The minimum atomic E-state index is -3.63. The summed E-state index contributed by atoms with van der Waals surface area (Å²) < 4.78 is 27.9. The van der Waals surface area contributed by atoms with Crippen LogP contribution in [-0.2, 0) is 27.8 Å².